The van der Waals surface area contributed by atoms with Crippen LogP contribution in [0.5, 0.6) is 0 Å². The molecule has 0 N–H and O–H groups in total. The predicted molar refractivity (Wildman–Crippen MR) is 86.8 cm³/mol. The molecule has 5 nitrogen and oxygen atoms in total. The normalized spacial score (nSPS) is 24.2. The molecule has 2 aliphatic heterocycles. The first-order chi connectivity index (χ1) is 11.5. The lowest BCUT2D eigenvalue weighted by molar-refractivity contribution is -0.136. The largest absolute Gasteiger partial charge is 0.374 e. The lowest BCUT2D eigenvalue weighted by Crippen LogP contribution is -2.49. The van der Waals surface area contributed by atoms with Crippen molar-refractivity contribution in [3.05, 3.63) is 35.6 Å². The van der Waals surface area contributed by atoms with Gasteiger partial charge in [0, 0.05) is 39.0 Å². The van der Waals surface area contributed by atoms with Crippen molar-refractivity contribution in [3.63, 3.8) is 0 Å². The highest BCUT2D eigenvalue weighted by Crippen LogP contribution is 2.24. The molecule has 2 heterocycles. The first-order valence-electron chi connectivity index (χ1n) is 8.42. The van der Waals surface area contributed by atoms with E-state index in [1.165, 1.54) is 12.1 Å². The van der Waals surface area contributed by atoms with E-state index in [2.05, 4.69) is 0 Å². The van der Waals surface area contributed by atoms with E-state index in [1.54, 1.807) is 19.1 Å². The molecule has 2 fully saturated rings. The van der Waals surface area contributed by atoms with Crippen LogP contribution in [0.2, 0.25) is 0 Å². The number of carbonyl (C=O) groups is 2. The maximum Gasteiger partial charge on any atom is 0.227 e. The summed E-state index contributed by atoms with van der Waals surface area (Å²) in [7, 11) is 0. The Bertz CT molecular complexity index is 605. The van der Waals surface area contributed by atoms with Crippen molar-refractivity contribution in [2.24, 2.45) is 5.92 Å². The number of hydrogen-bond donors (Lipinski definition) is 0. The first-order valence-corrected chi connectivity index (χ1v) is 8.42. The van der Waals surface area contributed by atoms with E-state index in [9.17, 15) is 14.0 Å². The number of benzene rings is 1. The summed E-state index contributed by atoms with van der Waals surface area (Å²) in [4.78, 5) is 27.8. The molecule has 2 amide bonds. The molecule has 0 spiro atoms. The van der Waals surface area contributed by atoms with Crippen LogP contribution in [-0.2, 0) is 20.7 Å². The molecular weight excluding hydrogens is 311 g/mol. The Kier molecular flexibility index (Phi) is 5.14. The van der Waals surface area contributed by atoms with Crippen LogP contribution in [-0.4, -0.2) is 60.5 Å². The lowest BCUT2D eigenvalue weighted by Gasteiger charge is -2.38. The first kappa shape index (κ1) is 16.9. The van der Waals surface area contributed by atoms with Gasteiger partial charge >= 0.3 is 0 Å². The number of nitrogens with zero attached hydrogens (tertiary/aromatic N) is 2. The fourth-order valence-electron chi connectivity index (χ4n) is 3.45. The number of ether oxygens (including phenoxy) is 1. The average Bonchev–Trinajstić information content (AvgIpc) is 2.78. The second kappa shape index (κ2) is 7.30. The van der Waals surface area contributed by atoms with Gasteiger partial charge in [0.25, 0.3) is 0 Å². The van der Waals surface area contributed by atoms with E-state index in [1.807, 2.05) is 9.80 Å². The van der Waals surface area contributed by atoms with Crippen molar-refractivity contribution in [3.8, 4) is 0 Å². The highest BCUT2D eigenvalue weighted by atomic mass is 19.1. The van der Waals surface area contributed by atoms with Crippen molar-refractivity contribution in [1.29, 1.82) is 0 Å². The third kappa shape index (κ3) is 3.93. The molecule has 0 radical (unpaired) electrons. The van der Waals surface area contributed by atoms with Crippen LogP contribution >= 0.6 is 0 Å². The molecule has 0 saturated carbocycles. The Hall–Kier alpha value is -1.95. The van der Waals surface area contributed by atoms with E-state index < -0.39 is 0 Å². The molecule has 1 aromatic carbocycles. The molecule has 0 unspecified atom stereocenters. The monoisotopic (exact) mass is 334 g/mol. The molecule has 6 heteroatoms. The highest BCUT2D eigenvalue weighted by Gasteiger charge is 2.35. The third-order valence-electron chi connectivity index (χ3n) is 4.91. The fraction of sp³-hybridized carbons (Fsp3) is 0.556. The van der Waals surface area contributed by atoms with E-state index in [-0.39, 0.29) is 36.1 Å². The maximum atomic E-state index is 13.0. The molecule has 2 saturated heterocycles. The lowest BCUT2D eigenvalue weighted by atomic mass is 9.93. The Balaban J connectivity index is 1.59. The fourth-order valence-corrected chi connectivity index (χ4v) is 3.45. The summed E-state index contributed by atoms with van der Waals surface area (Å²) in [5.74, 6) is 0.102. The Labute approximate surface area is 141 Å². The molecule has 3 rings (SSSR count). The number of likely N-dealkylation sites (tertiary alicyclic amines) is 1. The molecule has 0 aliphatic carbocycles. The number of fused-ring (bicyclic) bond motifs is 1. The van der Waals surface area contributed by atoms with Crippen LogP contribution in [0.1, 0.15) is 18.9 Å². The van der Waals surface area contributed by atoms with Gasteiger partial charge < -0.3 is 14.5 Å². The van der Waals surface area contributed by atoms with Gasteiger partial charge in [0.05, 0.1) is 19.1 Å². The number of hydrogen-bond acceptors (Lipinski definition) is 3. The van der Waals surface area contributed by atoms with Crippen LogP contribution in [0.25, 0.3) is 0 Å². The van der Waals surface area contributed by atoms with Gasteiger partial charge in [0.1, 0.15) is 5.82 Å². The predicted octanol–water partition coefficient (Wildman–Crippen LogP) is 1.46. The summed E-state index contributed by atoms with van der Waals surface area (Å²) in [6.45, 7) is 4.67. The zero-order chi connectivity index (χ0) is 17.1. The molecule has 1 aromatic rings. The van der Waals surface area contributed by atoms with Gasteiger partial charge in [-0.2, -0.15) is 0 Å². The summed E-state index contributed by atoms with van der Waals surface area (Å²) in [5, 5.41) is 0. The Morgan fingerprint density at radius 1 is 1.17 bits per heavy atom. The average molecular weight is 334 g/mol. The summed E-state index contributed by atoms with van der Waals surface area (Å²) in [5.41, 5.74) is 0.813. The second-order valence-electron chi connectivity index (χ2n) is 6.57. The summed E-state index contributed by atoms with van der Waals surface area (Å²) in [6.07, 6.45) is 1.10. The number of carbonyl (C=O) groups excluding carboxylic acids is 2. The molecular formula is C18H23FN2O3. The molecule has 0 bridgehead atoms. The van der Waals surface area contributed by atoms with Gasteiger partial charge in [0.2, 0.25) is 11.8 Å². The summed E-state index contributed by atoms with van der Waals surface area (Å²) in [6, 6.07) is 6.04. The van der Waals surface area contributed by atoms with Crippen molar-refractivity contribution in [1.82, 2.24) is 9.80 Å². The van der Waals surface area contributed by atoms with E-state index in [0.717, 1.165) is 12.0 Å². The van der Waals surface area contributed by atoms with Gasteiger partial charge in [-0.3, -0.25) is 9.59 Å². The molecule has 130 valence electrons. The van der Waals surface area contributed by atoms with Crippen LogP contribution in [0, 0.1) is 11.7 Å². The zero-order valence-electron chi connectivity index (χ0n) is 13.9. The van der Waals surface area contributed by atoms with Gasteiger partial charge in [-0.15, -0.1) is 0 Å². The third-order valence-corrected chi connectivity index (χ3v) is 4.91. The van der Waals surface area contributed by atoms with E-state index in [4.69, 9.17) is 4.74 Å². The number of rotatable bonds is 2. The van der Waals surface area contributed by atoms with E-state index in [0.29, 0.717) is 32.8 Å². The van der Waals surface area contributed by atoms with Crippen molar-refractivity contribution in [2.45, 2.75) is 25.9 Å². The summed E-state index contributed by atoms with van der Waals surface area (Å²) >= 11 is 0. The minimum absolute atomic E-state index is 0.0136. The van der Waals surface area contributed by atoms with Crippen LogP contribution in [0.3, 0.4) is 0 Å². The molecule has 2 atom stereocenters. The van der Waals surface area contributed by atoms with Gasteiger partial charge in [-0.1, -0.05) is 12.1 Å². The maximum absolute atomic E-state index is 13.0. The SMILES string of the molecule is CC(=O)N1CCO[C@H]2CN(C(=O)Cc3ccc(F)cc3)CC[C@H]2C1. The van der Waals surface area contributed by atoms with Gasteiger partial charge in [0.15, 0.2) is 0 Å². The highest BCUT2D eigenvalue weighted by molar-refractivity contribution is 5.79. The zero-order valence-corrected chi connectivity index (χ0v) is 13.9. The molecule has 24 heavy (non-hydrogen) atoms. The number of piperidine rings is 1. The quantitative estimate of drug-likeness (QED) is 0.823. The topological polar surface area (TPSA) is 49.9 Å². The smallest absolute Gasteiger partial charge is 0.227 e. The summed E-state index contributed by atoms with van der Waals surface area (Å²) < 4.78 is 18.8. The van der Waals surface area contributed by atoms with Gasteiger partial charge in [-0.25, -0.2) is 4.39 Å². The van der Waals surface area contributed by atoms with E-state index >= 15 is 0 Å². The van der Waals surface area contributed by atoms with Gasteiger partial charge in [-0.05, 0) is 24.1 Å². The van der Waals surface area contributed by atoms with Crippen molar-refractivity contribution >= 4 is 11.8 Å². The Morgan fingerprint density at radius 3 is 2.62 bits per heavy atom. The minimum atomic E-state index is -0.297. The van der Waals surface area contributed by atoms with Crippen LogP contribution in [0.4, 0.5) is 4.39 Å². The molecule has 2 aliphatic rings. The Morgan fingerprint density at radius 2 is 1.92 bits per heavy atom. The van der Waals surface area contributed by atoms with Crippen molar-refractivity contribution < 1.29 is 18.7 Å². The number of halogens is 1. The van der Waals surface area contributed by atoms with Crippen LogP contribution in [0.15, 0.2) is 24.3 Å². The minimum Gasteiger partial charge on any atom is -0.374 e. The van der Waals surface area contributed by atoms with Crippen molar-refractivity contribution in [2.75, 3.05) is 32.8 Å². The van der Waals surface area contributed by atoms with Crippen LogP contribution < -0.4 is 0 Å². The number of amides is 2. The molecule has 0 aromatic heterocycles. The standard InChI is InChI=1S/C18H23FN2O3/c1-13(22)20-8-9-24-17-12-21(7-6-15(17)11-20)18(23)10-14-2-4-16(19)5-3-14/h2-5,15,17H,6-12H2,1H3/t15-,17-/m0/s1. The second-order valence-corrected chi connectivity index (χ2v) is 6.57.